The predicted octanol–water partition coefficient (Wildman–Crippen LogP) is 7.10. The van der Waals surface area contributed by atoms with Crippen molar-refractivity contribution in [3.8, 4) is 11.5 Å². The van der Waals surface area contributed by atoms with Crippen molar-refractivity contribution in [3.63, 3.8) is 0 Å². The van der Waals surface area contributed by atoms with E-state index in [2.05, 4.69) is 19.2 Å². The number of nitrogens with one attached hydrogen (secondary N) is 1. The number of rotatable bonds is 7. The summed E-state index contributed by atoms with van der Waals surface area (Å²) in [5.41, 5.74) is 1.83. The highest BCUT2D eigenvalue weighted by atomic mass is 19.1. The van der Waals surface area contributed by atoms with Crippen molar-refractivity contribution in [2.45, 2.75) is 48.0 Å². The van der Waals surface area contributed by atoms with Crippen LogP contribution in [0.3, 0.4) is 0 Å². The number of phenols is 1. The lowest BCUT2D eigenvalue weighted by molar-refractivity contribution is 0.102. The summed E-state index contributed by atoms with van der Waals surface area (Å²) in [5.74, 6) is 0.107. The Morgan fingerprint density at radius 3 is 2.38 bits per heavy atom. The number of halogens is 1. The monoisotopic (exact) mass is 445 g/mol. The van der Waals surface area contributed by atoms with Crippen molar-refractivity contribution < 1.29 is 23.8 Å². The summed E-state index contributed by atoms with van der Waals surface area (Å²) in [6, 6.07) is 10.1. The van der Waals surface area contributed by atoms with Gasteiger partial charge >= 0.3 is 0 Å². The van der Waals surface area contributed by atoms with Crippen LogP contribution in [0.5, 0.6) is 11.5 Å². The number of anilines is 1. The van der Waals surface area contributed by atoms with Crippen LogP contribution in [0.15, 0.2) is 65.9 Å². The minimum atomic E-state index is -0.600. The summed E-state index contributed by atoms with van der Waals surface area (Å²) in [6.45, 7) is 12.6. The molecule has 0 radical (unpaired) electrons. The van der Waals surface area contributed by atoms with E-state index in [0.29, 0.717) is 18.0 Å². The van der Waals surface area contributed by atoms with Crippen LogP contribution < -0.4 is 10.1 Å². The summed E-state index contributed by atoms with van der Waals surface area (Å²) >= 11 is 0. The van der Waals surface area contributed by atoms with E-state index < -0.39 is 17.5 Å². The molecule has 0 saturated heterocycles. The third kappa shape index (κ3) is 10.2. The van der Waals surface area contributed by atoms with Gasteiger partial charge in [0.15, 0.2) is 0 Å². The van der Waals surface area contributed by atoms with Crippen LogP contribution in [-0.2, 0) is 4.74 Å². The predicted molar refractivity (Wildman–Crippen MR) is 130 cm³/mol. The van der Waals surface area contributed by atoms with Gasteiger partial charge in [-0.1, -0.05) is 32.9 Å². The summed E-state index contributed by atoms with van der Waals surface area (Å²) in [6.07, 6.45) is 5.02. The second kappa shape index (κ2) is 16.4. The quantitative estimate of drug-likeness (QED) is 0.352. The molecule has 2 aromatic rings. The molecule has 6 heteroatoms. The summed E-state index contributed by atoms with van der Waals surface area (Å²) in [5, 5.41) is 12.2. The fourth-order valence-electron chi connectivity index (χ4n) is 2.44. The van der Waals surface area contributed by atoms with E-state index in [1.54, 1.807) is 31.4 Å². The number of carbonyl (C=O) groups excluding carboxylic acids is 1. The number of allylic oxidation sites excluding steroid dienone is 3. The minimum Gasteiger partial charge on any atom is -0.507 e. The van der Waals surface area contributed by atoms with Crippen LogP contribution in [-0.4, -0.2) is 24.7 Å². The first-order chi connectivity index (χ1) is 15.4. The Balaban J connectivity index is 0.000000680. The Labute approximate surface area is 191 Å². The molecule has 0 aromatic heterocycles. The lowest BCUT2D eigenvalue weighted by Gasteiger charge is -2.09. The van der Waals surface area contributed by atoms with Crippen molar-refractivity contribution in [2.75, 3.05) is 19.0 Å². The van der Waals surface area contributed by atoms with E-state index in [9.17, 15) is 14.3 Å². The van der Waals surface area contributed by atoms with Gasteiger partial charge in [-0.3, -0.25) is 4.79 Å². The fraction of sp³-hybridized carbons (Fsp3) is 0.346. The normalized spacial score (nSPS) is 10.8. The van der Waals surface area contributed by atoms with E-state index in [4.69, 9.17) is 9.47 Å². The van der Waals surface area contributed by atoms with Gasteiger partial charge in [-0.2, -0.15) is 0 Å². The van der Waals surface area contributed by atoms with Gasteiger partial charge in [0.1, 0.15) is 23.1 Å². The number of hydrogen-bond donors (Lipinski definition) is 2. The maximum atomic E-state index is 12.9. The first kappa shape index (κ1) is 28.7. The average molecular weight is 446 g/mol. The SMILES string of the molecule is C/C=C\C(OC)=C(\C)CC.CC.CCOc1cccc(NC(=O)c2ccc(F)cc2O)c1. The minimum absolute atomic E-state index is 0.00760. The largest absolute Gasteiger partial charge is 0.507 e. The highest BCUT2D eigenvalue weighted by molar-refractivity contribution is 6.06. The van der Waals surface area contributed by atoms with Gasteiger partial charge in [-0.15, -0.1) is 0 Å². The molecule has 2 rings (SSSR count). The Kier molecular flexibility index (Phi) is 14.7. The Morgan fingerprint density at radius 2 is 1.84 bits per heavy atom. The molecule has 0 bridgehead atoms. The fourth-order valence-corrected chi connectivity index (χ4v) is 2.44. The third-order valence-corrected chi connectivity index (χ3v) is 4.10. The number of aromatic hydroxyl groups is 1. The number of amides is 1. The zero-order chi connectivity index (χ0) is 24.5. The molecule has 5 nitrogen and oxygen atoms in total. The Bertz CT molecular complexity index is 891. The lowest BCUT2D eigenvalue weighted by Crippen LogP contribution is -2.12. The second-order valence-corrected chi connectivity index (χ2v) is 6.28. The van der Waals surface area contributed by atoms with Gasteiger partial charge in [0, 0.05) is 17.8 Å². The van der Waals surface area contributed by atoms with Gasteiger partial charge in [0.05, 0.1) is 19.3 Å². The smallest absolute Gasteiger partial charge is 0.259 e. The first-order valence-corrected chi connectivity index (χ1v) is 10.7. The van der Waals surface area contributed by atoms with Gasteiger partial charge in [-0.05, 0) is 63.1 Å². The first-order valence-electron chi connectivity index (χ1n) is 10.7. The van der Waals surface area contributed by atoms with Crippen molar-refractivity contribution in [3.05, 3.63) is 77.3 Å². The molecule has 32 heavy (non-hydrogen) atoms. The number of phenolic OH excluding ortho intramolecular Hbond substituents is 1. The average Bonchev–Trinajstić information content (AvgIpc) is 2.79. The highest BCUT2D eigenvalue weighted by Crippen LogP contribution is 2.22. The maximum Gasteiger partial charge on any atom is 0.259 e. The van der Waals surface area contributed by atoms with Crippen LogP contribution in [0.2, 0.25) is 0 Å². The Hall–Kier alpha value is -3.28. The number of carbonyl (C=O) groups is 1. The zero-order valence-electron chi connectivity index (χ0n) is 20.2. The highest BCUT2D eigenvalue weighted by Gasteiger charge is 2.12. The molecule has 2 N–H and O–H groups in total. The molecular weight excluding hydrogens is 409 g/mol. The maximum absolute atomic E-state index is 12.9. The van der Waals surface area contributed by atoms with E-state index in [1.165, 1.54) is 11.6 Å². The molecule has 0 aliphatic rings. The van der Waals surface area contributed by atoms with Crippen molar-refractivity contribution in [2.24, 2.45) is 0 Å². The zero-order valence-corrected chi connectivity index (χ0v) is 20.2. The lowest BCUT2D eigenvalue weighted by atomic mass is 10.1. The molecule has 2 aromatic carbocycles. The molecule has 176 valence electrons. The molecule has 0 aliphatic carbocycles. The van der Waals surface area contributed by atoms with Gasteiger partial charge in [0.2, 0.25) is 0 Å². The third-order valence-electron chi connectivity index (χ3n) is 4.10. The number of ether oxygens (including phenoxy) is 2. The van der Waals surface area contributed by atoms with Crippen LogP contribution >= 0.6 is 0 Å². The van der Waals surface area contributed by atoms with E-state index in [1.807, 2.05) is 39.8 Å². The van der Waals surface area contributed by atoms with E-state index >= 15 is 0 Å². The molecular formula is C26H36FNO4. The van der Waals surface area contributed by atoms with Crippen molar-refractivity contribution in [1.82, 2.24) is 0 Å². The molecule has 0 fully saturated rings. The summed E-state index contributed by atoms with van der Waals surface area (Å²) in [7, 11) is 1.70. The Morgan fingerprint density at radius 1 is 1.16 bits per heavy atom. The topological polar surface area (TPSA) is 67.8 Å². The standard InChI is InChI=1S/C15H14FNO3.C9H16O.C2H6/c1-2-20-12-5-3-4-11(9-12)17-15(19)13-7-6-10(16)8-14(13)18;1-5-7-9(10-4)8(3)6-2;1-2/h3-9,18H,2H2,1H3,(H,17,19);5,7H,6H2,1-4H3;1-2H3/b;7-5-,9-8+;. The van der Waals surface area contributed by atoms with Crippen LogP contribution in [0.1, 0.15) is 58.3 Å². The molecule has 0 aliphatic heterocycles. The number of hydrogen-bond acceptors (Lipinski definition) is 4. The molecule has 0 atom stereocenters. The van der Waals surface area contributed by atoms with E-state index in [0.717, 1.165) is 24.3 Å². The van der Waals surface area contributed by atoms with Crippen molar-refractivity contribution >= 4 is 11.6 Å². The van der Waals surface area contributed by atoms with Crippen LogP contribution in [0.4, 0.5) is 10.1 Å². The molecule has 0 spiro atoms. The summed E-state index contributed by atoms with van der Waals surface area (Å²) in [4.78, 5) is 12.0. The van der Waals surface area contributed by atoms with E-state index in [-0.39, 0.29) is 5.56 Å². The van der Waals surface area contributed by atoms with Gasteiger partial charge in [-0.25, -0.2) is 4.39 Å². The molecule has 0 heterocycles. The second-order valence-electron chi connectivity index (χ2n) is 6.28. The van der Waals surface area contributed by atoms with Gasteiger partial charge in [0.25, 0.3) is 5.91 Å². The molecule has 1 amide bonds. The van der Waals surface area contributed by atoms with Crippen LogP contribution in [0.25, 0.3) is 0 Å². The van der Waals surface area contributed by atoms with Crippen LogP contribution in [0, 0.1) is 5.82 Å². The molecule has 0 saturated carbocycles. The number of benzene rings is 2. The van der Waals surface area contributed by atoms with Gasteiger partial charge < -0.3 is 19.9 Å². The molecule has 0 unspecified atom stereocenters. The summed E-state index contributed by atoms with van der Waals surface area (Å²) < 4.78 is 23.3. The van der Waals surface area contributed by atoms with Crippen molar-refractivity contribution in [1.29, 1.82) is 0 Å². The number of methoxy groups -OCH3 is 1.